The maximum atomic E-state index is 11.5. The predicted octanol–water partition coefficient (Wildman–Crippen LogP) is 1.92. The van der Waals surface area contributed by atoms with Crippen molar-refractivity contribution in [3.05, 3.63) is 34.9 Å². The number of halogens is 1. The van der Waals surface area contributed by atoms with Gasteiger partial charge in [0.05, 0.1) is 6.54 Å². The lowest BCUT2D eigenvalue weighted by molar-refractivity contribution is -0.122. The van der Waals surface area contributed by atoms with Gasteiger partial charge in [-0.15, -0.1) is 0 Å². The molecule has 0 spiro atoms. The molecule has 0 bridgehead atoms. The van der Waals surface area contributed by atoms with Gasteiger partial charge in [-0.2, -0.15) is 0 Å². The van der Waals surface area contributed by atoms with E-state index in [0.29, 0.717) is 19.6 Å². The highest BCUT2D eigenvalue weighted by molar-refractivity contribution is 6.30. The van der Waals surface area contributed by atoms with Gasteiger partial charge in [0.25, 0.3) is 0 Å². The van der Waals surface area contributed by atoms with Crippen molar-refractivity contribution in [3.8, 4) is 0 Å². The monoisotopic (exact) mass is 322 g/mol. The molecule has 1 aromatic carbocycles. The van der Waals surface area contributed by atoms with Crippen molar-refractivity contribution in [2.24, 2.45) is 10.9 Å². The molecule has 1 aromatic rings. The average molecular weight is 323 g/mol. The third kappa shape index (κ3) is 5.93. The summed E-state index contributed by atoms with van der Waals surface area (Å²) in [4.78, 5) is 16.0. The summed E-state index contributed by atoms with van der Waals surface area (Å²) < 4.78 is 0. The van der Waals surface area contributed by atoms with Gasteiger partial charge >= 0.3 is 0 Å². The average Bonchev–Trinajstić information content (AvgIpc) is 3.35. The molecule has 1 aliphatic carbocycles. The molecule has 2 rings (SSSR count). The first-order valence-corrected chi connectivity index (χ1v) is 8.11. The Labute approximate surface area is 136 Å². The second-order valence-corrected chi connectivity index (χ2v) is 5.75. The Bertz CT molecular complexity index is 511. The molecule has 0 radical (unpaired) electrons. The van der Waals surface area contributed by atoms with Crippen molar-refractivity contribution >= 4 is 23.5 Å². The van der Waals surface area contributed by atoms with Gasteiger partial charge in [-0.25, -0.2) is 4.99 Å². The number of carbonyl (C=O) groups is 1. The molecule has 0 heterocycles. The third-order valence-electron chi connectivity index (χ3n) is 3.34. The van der Waals surface area contributed by atoms with Gasteiger partial charge in [-0.05, 0) is 37.5 Å². The van der Waals surface area contributed by atoms with Gasteiger partial charge < -0.3 is 16.0 Å². The number of guanidine groups is 1. The Morgan fingerprint density at radius 2 is 1.86 bits per heavy atom. The van der Waals surface area contributed by atoms with Crippen molar-refractivity contribution in [1.82, 2.24) is 16.0 Å². The third-order valence-corrected chi connectivity index (χ3v) is 3.59. The van der Waals surface area contributed by atoms with Gasteiger partial charge in [-0.3, -0.25) is 4.79 Å². The lowest BCUT2D eigenvalue weighted by Gasteiger charge is -2.11. The van der Waals surface area contributed by atoms with E-state index in [2.05, 4.69) is 20.9 Å². The second kappa shape index (κ2) is 8.63. The summed E-state index contributed by atoms with van der Waals surface area (Å²) in [7, 11) is 0. The van der Waals surface area contributed by atoms with Crippen LogP contribution in [0.4, 0.5) is 0 Å². The Morgan fingerprint density at radius 1 is 1.18 bits per heavy atom. The maximum absolute atomic E-state index is 11.5. The number of carbonyl (C=O) groups excluding carboxylic acids is 1. The lowest BCUT2D eigenvalue weighted by atomic mass is 10.2. The fourth-order valence-electron chi connectivity index (χ4n) is 1.96. The van der Waals surface area contributed by atoms with Crippen LogP contribution < -0.4 is 16.0 Å². The summed E-state index contributed by atoms with van der Waals surface area (Å²) in [5.74, 6) is 1.18. The van der Waals surface area contributed by atoms with E-state index < -0.39 is 0 Å². The van der Waals surface area contributed by atoms with Crippen LogP contribution in [0.2, 0.25) is 5.02 Å². The summed E-state index contributed by atoms with van der Waals surface area (Å²) in [6.45, 7) is 4.67. The lowest BCUT2D eigenvalue weighted by Crippen LogP contribution is -2.41. The zero-order valence-corrected chi connectivity index (χ0v) is 13.6. The second-order valence-electron chi connectivity index (χ2n) is 5.31. The molecule has 22 heavy (non-hydrogen) atoms. The smallest absolute Gasteiger partial charge is 0.223 e. The Morgan fingerprint density at radius 3 is 2.50 bits per heavy atom. The summed E-state index contributed by atoms with van der Waals surface area (Å²) >= 11 is 5.87. The maximum Gasteiger partial charge on any atom is 0.223 e. The normalized spacial score (nSPS) is 14.5. The molecule has 6 heteroatoms. The molecular weight excluding hydrogens is 300 g/mol. The van der Waals surface area contributed by atoms with Gasteiger partial charge in [0.2, 0.25) is 5.91 Å². The van der Waals surface area contributed by atoms with Crippen LogP contribution in [0, 0.1) is 5.92 Å². The van der Waals surface area contributed by atoms with Crippen molar-refractivity contribution in [2.45, 2.75) is 26.3 Å². The molecule has 0 aromatic heterocycles. The number of hydrogen-bond donors (Lipinski definition) is 3. The molecule has 0 saturated heterocycles. The number of aliphatic imine (C=N–C) groups is 1. The summed E-state index contributed by atoms with van der Waals surface area (Å²) in [6.07, 6.45) is 2.06. The zero-order valence-electron chi connectivity index (χ0n) is 12.9. The highest BCUT2D eigenvalue weighted by Gasteiger charge is 2.28. The highest BCUT2D eigenvalue weighted by Crippen LogP contribution is 2.28. The SMILES string of the molecule is CCNC(=NCc1ccc(Cl)cc1)NCCNC(=O)C1CC1. The van der Waals surface area contributed by atoms with Crippen LogP contribution in [0.25, 0.3) is 0 Å². The van der Waals surface area contributed by atoms with E-state index >= 15 is 0 Å². The fraction of sp³-hybridized carbons (Fsp3) is 0.500. The molecule has 1 fully saturated rings. The number of amides is 1. The minimum absolute atomic E-state index is 0.171. The van der Waals surface area contributed by atoms with Gasteiger partial charge in [0.15, 0.2) is 5.96 Å². The van der Waals surface area contributed by atoms with Crippen molar-refractivity contribution in [3.63, 3.8) is 0 Å². The first kappa shape index (κ1) is 16.6. The van der Waals surface area contributed by atoms with Crippen LogP contribution in [0.3, 0.4) is 0 Å². The molecule has 1 saturated carbocycles. The van der Waals surface area contributed by atoms with Gasteiger partial charge in [0.1, 0.15) is 0 Å². The molecule has 1 amide bonds. The topological polar surface area (TPSA) is 65.5 Å². The van der Waals surface area contributed by atoms with E-state index in [4.69, 9.17) is 11.6 Å². The standard InChI is InChI=1S/C16H23ClN4O/c1-2-18-16(20-10-9-19-15(22)13-5-6-13)21-11-12-3-7-14(17)8-4-12/h3-4,7-8,13H,2,5-6,9-11H2,1H3,(H,19,22)(H2,18,20,21). The number of rotatable bonds is 7. The highest BCUT2D eigenvalue weighted by atomic mass is 35.5. The Kier molecular flexibility index (Phi) is 6.52. The van der Waals surface area contributed by atoms with Crippen molar-refractivity contribution in [1.29, 1.82) is 0 Å². The van der Waals surface area contributed by atoms with Crippen LogP contribution >= 0.6 is 11.6 Å². The van der Waals surface area contributed by atoms with E-state index in [1.165, 1.54) is 0 Å². The van der Waals surface area contributed by atoms with Crippen LogP contribution in [0.1, 0.15) is 25.3 Å². The zero-order chi connectivity index (χ0) is 15.8. The number of nitrogens with one attached hydrogen (secondary N) is 3. The molecule has 5 nitrogen and oxygen atoms in total. The molecule has 0 aliphatic heterocycles. The van der Waals surface area contributed by atoms with E-state index in [9.17, 15) is 4.79 Å². The van der Waals surface area contributed by atoms with Crippen LogP contribution in [-0.2, 0) is 11.3 Å². The first-order chi connectivity index (χ1) is 10.7. The number of hydrogen-bond acceptors (Lipinski definition) is 2. The van der Waals surface area contributed by atoms with Crippen LogP contribution in [0.5, 0.6) is 0 Å². The summed E-state index contributed by atoms with van der Waals surface area (Å²) in [6, 6.07) is 7.65. The summed E-state index contributed by atoms with van der Waals surface area (Å²) in [5.41, 5.74) is 1.10. The van der Waals surface area contributed by atoms with E-state index in [1.54, 1.807) is 0 Å². The predicted molar refractivity (Wildman–Crippen MR) is 90.0 cm³/mol. The van der Waals surface area contributed by atoms with Gasteiger partial charge in [-0.1, -0.05) is 23.7 Å². The largest absolute Gasteiger partial charge is 0.357 e. The van der Waals surface area contributed by atoms with Crippen LogP contribution in [-0.4, -0.2) is 31.5 Å². The number of benzene rings is 1. The Balaban J connectivity index is 1.73. The van der Waals surface area contributed by atoms with E-state index in [-0.39, 0.29) is 11.8 Å². The molecule has 0 atom stereocenters. The molecule has 0 unspecified atom stereocenters. The quantitative estimate of drug-likeness (QED) is 0.408. The first-order valence-electron chi connectivity index (χ1n) is 7.73. The van der Waals surface area contributed by atoms with E-state index in [1.807, 2.05) is 31.2 Å². The molecular formula is C16H23ClN4O. The van der Waals surface area contributed by atoms with Gasteiger partial charge in [0, 0.05) is 30.6 Å². The fourth-order valence-corrected chi connectivity index (χ4v) is 2.08. The minimum Gasteiger partial charge on any atom is -0.357 e. The molecule has 1 aliphatic rings. The van der Waals surface area contributed by atoms with Crippen LogP contribution in [0.15, 0.2) is 29.3 Å². The molecule has 120 valence electrons. The van der Waals surface area contributed by atoms with Crippen molar-refractivity contribution in [2.75, 3.05) is 19.6 Å². The Hall–Kier alpha value is -1.75. The van der Waals surface area contributed by atoms with Crippen molar-refractivity contribution < 1.29 is 4.79 Å². The number of nitrogens with zero attached hydrogens (tertiary/aromatic N) is 1. The minimum atomic E-state index is 0.171. The summed E-state index contributed by atoms with van der Waals surface area (Å²) in [5, 5.41) is 10.1. The van der Waals surface area contributed by atoms with E-state index in [0.717, 1.165) is 35.9 Å². The molecule has 3 N–H and O–H groups in total.